The molecule has 0 bridgehead atoms. The molecule has 0 radical (unpaired) electrons. The average molecular weight is 304 g/mol. The minimum atomic E-state index is 0.0971. The number of imidazole rings is 1. The van der Waals surface area contributed by atoms with Crippen molar-refractivity contribution in [1.29, 1.82) is 0 Å². The normalized spacial score (nSPS) is 17.0. The molecule has 120 valence electrons. The molecule has 1 aliphatic heterocycles. The van der Waals surface area contributed by atoms with Crippen LogP contribution in [0.15, 0.2) is 24.3 Å². The average Bonchev–Trinajstić information content (AvgIpc) is 2.83. The summed E-state index contributed by atoms with van der Waals surface area (Å²) < 4.78 is 5.35. The summed E-state index contributed by atoms with van der Waals surface area (Å²) >= 11 is 0. The number of aromatic nitrogens is 2. The maximum Gasteiger partial charge on any atom is 0.203 e. The number of rotatable bonds is 6. The lowest BCUT2D eigenvalue weighted by Crippen LogP contribution is -2.33. The van der Waals surface area contributed by atoms with Gasteiger partial charge in [0.05, 0.1) is 30.9 Å². The van der Waals surface area contributed by atoms with Crippen LogP contribution in [-0.4, -0.2) is 72.5 Å². The van der Waals surface area contributed by atoms with Crippen LogP contribution in [-0.2, 0) is 4.74 Å². The molecule has 1 fully saturated rings. The van der Waals surface area contributed by atoms with Gasteiger partial charge < -0.3 is 19.7 Å². The number of aliphatic hydroxyl groups excluding tert-OH is 1. The summed E-state index contributed by atoms with van der Waals surface area (Å²) in [5.74, 6) is 0.972. The topological polar surface area (TPSA) is 64.6 Å². The van der Waals surface area contributed by atoms with Gasteiger partial charge in [0, 0.05) is 26.2 Å². The van der Waals surface area contributed by atoms with Gasteiger partial charge in [0.1, 0.15) is 0 Å². The molecule has 6 nitrogen and oxygen atoms in total. The summed E-state index contributed by atoms with van der Waals surface area (Å²) in [6.07, 6.45) is 1.12. The maximum absolute atomic E-state index is 8.71. The van der Waals surface area contributed by atoms with E-state index in [0.717, 1.165) is 56.1 Å². The van der Waals surface area contributed by atoms with Gasteiger partial charge in [0.25, 0.3) is 0 Å². The number of para-hydroxylation sites is 2. The van der Waals surface area contributed by atoms with E-state index in [2.05, 4.69) is 25.8 Å². The largest absolute Gasteiger partial charge is 0.394 e. The number of anilines is 1. The minimum absolute atomic E-state index is 0.0971. The zero-order valence-electron chi connectivity index (χ0n) is 12.9. The highest BCUT2D eigenvalue weighted by atomic mass is 16.5. The second-order valence-electron chi connectivity index (χ2n) is 5.60. The quantitative estimate of drug-likeness (QED) is 0.782. The third-order valence-electron chi connectivity index (χ3n) is 4.05. The molecule has 0 saturated carbocycles. The van der Waals surface area contributed by atoms with E-state index in [0.29, 0.717) is 13.2 Å². The number of aliphatic hydroxyl groups is 1. The number of H-pyrrole nitrogens is 1. The number of nitrogens with zero attached hydrogens (tertiary/aromatic N) is 3. The van der Waals surface area contributed by atoms with Gasteiger partial charge in [-0.05, 0) is 25.1 Å². The molecule has 0 atom stereocenters. The smallest absolute Gasteiger partial charge is 0.203 e. The molecule has 0 amide bonds. The fraction of sp³-hybridized carbons (Fsp3) is 0.562. The molecular weight excluding hydrogens is 280 g/mol. The second-order valence-corrected chi connectivity index (χ2v) is 5.60. The fourth-order valence-corrected chi connectivity index (χ4v) is 2.86. The van der Waals surface area contributed by atoms with Crippen LogP contribution in [0.2, 0.25) is 0 Å². The van der Waals surface area contributed by atoms with Crippen LogP contribution >= 0.6 is 0 Å². The Bertz CT molecular complexity index is 553. The van der Waals surface area contributed by atoms with Crippen LogP contribution in [0.25, 0.3) is 11.0 Å². The SMILES string of the molecule is OCCOCCN1CCCN(c2nc3ccccc3[nH]2)CC1. The van der Waals surface area contributed by atoms with Gasteiger partial charge in [-0.15, -0.1) is 0 Å². The van der Waals surface area contributed by atoms with E-state index in [-0.39, 0.29) is 6.61 Å². The van der Waals surface area contributed by atoms with E-state index in [1.807, 2.05) is 18.2 Å². The van der Waals surface area contributed by atoms with Gasteiger partial charge in [0.2, 0.25) is 5.95 Å². The van der Waals surface area contributed by atoms with Crippen LogP contribution in [0.4, 0.5) is 5.95 Å². The van der Waals surface area contributed by atoms with Gasteiger partial charge in [-0.2, -0.15) is 0 Å². The van der Waals surface area contributed by atoms with Crippen molar-refractivity contribution in [2.75, 3.05) is 57.4 Å². The van der Waals surface area contributed by atoms with Crippen molar-refractivity contribution in [2.45, 2.75) is 6.42 Å². The van der Waals surface area contributed by atoms with Crippen molar-refractivity contribution in [2.24, 2.45) is 0 Å². The Labute approximate surface area is 130 Å². The van der Waals surface area contributed by atoms with E-state index in [1.165, 1.54) is 0 Å². The maximum atomic E-state index is 8.71. The Morgan fingerprint density at radius 2 is 2.05 bits per heavy atom. The van der Waals surface area contributed by atoms with Crippen LogP contribution in [0, 0.1) is 0 Å². The first-order chi connectivity index (χ1) is 10.9. The summed E-state index contributed by atoms with van der Waals surface area (Å²) in [5.41, 5.74) is 2.12. The van der Waals surface area contributed by atoms with Crippen molar-refractivity contribution in [3.8, 4) is 0 Å². The third kappa shape index (κ3) is 3.76. The van der Waals surface area contributed by atoms with Crippen molar-refractivity contribution in [1.82, 2.24) is 14.9 Å². The highest BCUT2D eigenvalue weighted by Crippen LogP contribution is 2.18. The first-order valence-corrected chi connectivity index (χ1v) is 7.97. The number of nitrogens with one attached hydrogen (secondary N) is 1. The molecule has 22 heavy (non-hydrogen) atoms. The van der Waals surface area contributed by atoms with E-state index in [4.69, 9.17) is 9.84 Å². The molecule has 2 N–H and O–H groups in total. The number of aromatic amines is 1. The monoisotopic (exact) mass is 304 g/mol. The summed E-state index contributed by atoms with van der Waals surface area (Å²) in [6.45, 7) is 6.23. The molecule has 1 aromatic heterocycles. The van der Waals surface area contributed by atoms with Crippen LogP contribution in [0.3, 0.4) is 0 Å². The second kappa shape index (κ2) is 7.58. The first kappa shape index (κ1) is 15.3. The van der Waals surface area contributed by atoms with Crippen LogP contribution < -0.4 is 4.90 Å². The standard InChI is InChI=1S/C16H24N4O2/c21-11-13-22-12-10-19-6-3-7-20(9-8-19)16-17-14-4-1-2-5-15(14)18-16/h1-2,4-5,21H,3,6-13H2,(H,17,18). The van der Waals surface area contributed by atoms with Gasteiger partial charge in [-0.25, -0.2) is 4.98 Å². The van der Waals surface area contributed by atoms with Gasteiger partial charge >= 0.3 is 0 Å². The van der Waals surface area contributed by atoms with Crippen LogP contribution in [0.5, 0.6) is 0 Å². The van der Waals surface area contributed by atoms with Crippen molar-refractivity contribution < 1.29 is 9.84 Å². The molecule has 1 aliphatic rings. The molecule has 1 aromatic carbocycles. The molecule has 2 heterocycles. The van der Waals surface area contributed by atoms with Gasteiger partial charge in [-0.1, -0.05) is 12.1 Å². The predicted octanol–water partition coefficient (Wildman–Crippen LogP) is 1.08. The van der Waals surface area contributed by atoms with Crippen molar-refractivity contribution in [3.05, 3.63) is 24.3 Å². The molecular formula is C16H24N4O2. The Morgan fingerprint density at radius 3 is 2.91 bits per heavy atom. The number of fused-ring (bicyclic) bond motifs is 1. The molecule has 2 aromatic rings. The summed E-state index contributed by atoms with van der Waals surface area (Å²) in [6, 6.07) is 8.15. The number of hydrogen-bond acceptors (Lipinski definition) is 5. The molecule has 0 aliphatic carbocycles. The lowest BCUT2D eigenvalue weighted by Gasteiger charge is -2.21. The van der Waals surface area contributed by atoms with Gasteiger partial charge in [0.15, 0.2) is 0 Å². The van der Waals surface area contributed by atoms with Crippen molar-refractivity contribution in [3.63, 3.8) is 0 Å². The van der Waals surface area contributed by atoms with E-state index in [9.17, 15) is 0 Å². The summed E-state index contributed by atoms with van der Waals surface area (Å²) in [7, 11) is 0. The van der Waals surface area contributed by atoms with E-state index < -0.39 is 0 Å². The Morgan fingerprint density at radius 1 is 1.14 bits per heavy atom. The van der Waals surface area contributed by atoms with E-state index in [1.54, 1.807) is 0 Å². The zero-order valence-corrected chi connectivity index (χ0v) is 12.9. The number of benzene rings is 1. The molecule has 6 heteroatoms. The van der Waals surface area contributed by atoms with Gasteiger partial charge in [-0.3, -0.25) is 4.90 Å². The first-order valence-electron chi connectivity index (χ1n) is 7.97. The summed E-state index contributed by atoms with van der Waals surface area (Å²) in [4.78, 5) is 12.8. The Hall–Kier alpha value is -1.63. The lowest BCUT2D eigenvalue weighted by atomic mass is 10.3. The number of hydrogen-bond donors (Lipinski definition) is 2. The zero-order chi connectivity index (χ0) is 15.2. The molecule has 0 spiro atoms. The minimum Gasteiger partial charge on any atom is -0.394 e. The molecule has 0 unspecified atom stereocenters. The predicted molar refractivity (Wildman–Crippen MR) is 87.3 cm³/mol. The lowest BCUT2D eigenvalue weighted by molar-refractivity contribution is 0.0750. The fourth-order valence-electron chi connectivity index (χ4n) is 2.86. The Kier molecular flexibility index (Phi) is 5.26. The third-order valence-corrected chi connectivity index (χ3v) is 4.05. The number of ether oxygens (including phenoxy) is 1. The van der Waals surface area contributed by atoms with Crippen molar-refractivity contribution >= 4 is 17.0 Å². The highest BCUT2D eigenvalue weighted by molar-refractivity contribution is 5.77. The molecule has 3 rings (SSSR count). The highest BCUT2D eigenvalue weighted by Gasteiger charge is 2.17. The van der Waals surface area contributed by atoms with E-state index >= 15 is 0 Å². The van der Waals surface area contributed by atoms with Crippen LogP contribution in [0.1, 0.15) is 6.42 Å². The molecule has 1 saturated heterocycles. The Balaban J connectivity index is 1.55. The summed E-state index contributed by atoms with van der Waals surface area (Å²) in [5, 5.41) is 8.71.